The summed E-state index contributed by atoms with van der Waals surface area (Å²) < 4.78 is 11.1. The molecular formula is C16H24O3. The predicted octanol–water partition coefficient (Wildman–Crippen LogP) is 3.16. The Balaban J connectivity index is 2.26. The molecule has 3 nitrogen and oxygen atoms in total. The van der Waals surface area contributed by atoms with E-state index < -0.39 is 6.10 Å². The standard InChI is InChI=1S/C16H24O3/c1-5-19-16(12-6-7-12)15(17)13-8-11(3)14(18-4)9-10(13)2/h8-9,12,15-17H,5-7H2,1-4H3. The molecule has 19 heavy (non-hydrogen) atoms. The van der Waals surface area contributed by atoms with Gasteiger partial charge >= 0.3 is 0 Å². The molecule has 2 rings (SSSR count). The van der Waals surface area contributed by atoms with Crippen LogP contribution in [0, 0.1) is 19.8 Å². The average Bonchev–Trinajstić information content (AvgIpc) is 3.21. The van der Waals surface area contributed by atoms with E-state index in [9.17, 15) is 5.11 Å². The van der Waals surface area contributed by atoms with Crippen molar-refractivity contribution in [3.05, 3.63) is 28.8 Å². The van der Waals surface area contributed by atoms with Crippen LogP contribution in [0.5, 0.6) is 5.75 Å². The summed E-state index contributed by atoms with van der Waals surface area (Å²) in [4.78, 5) is 0. The highest BCUT2D eigenvalue weighted by Crippen LogP contribution is 2.41. The van der Waals surface area contributed by atoms with E-state index >= 15 is 0 Å². The highest BCUT2D eigenvalue weighted by Gasteiger charge is 2.37. The number of hydrogen-bond donors (Lipinski definition) is 1. The van der Waals surface area contributed by atoms with Gasteiger partial charge in [-0.1, -0.05) is 0 Å². The first-order valence-corrected chi connectivity index (χ1v) is 7.03. The van der Waals surface area contributed by atoms with Gasteiger partial charge in [0.15, 0.2) is 0 Å². The molecule has 0 amide bonds. The van der Waals surface area contributed by atoms with Gasteiger partial charge in [-0.05, 0) is 68.4 Å². The summed E-state index contributed by atoms with van der Waals surface area (Å²) in [6, 6.07) is 4.01. The van der Waals surface area contributed by atoms with E-state index in [2.05, 4.69) is 0 Å². The summed E-state index contributed by atoms with van der Waals surface area (Å²) in [6.07, 6.45) is 1.71. The van der Waals surface area contributed by atoms with E-state index in [0.29, 0.717) is 12.5 Å². The number of aliphatic hydroxyl groups excluding tert-OH is 1. The molecule has 1 N–H and O–H groups in total. The quantitative estimate of drug-likeness (QED) is 0.857. The normalized spacial score (nSPS) is 18.2. The van der Waals surface area contributed by atoms with Gasteiger partial charge in [0.25, 0.3) is 0 Å². The maximum absolute atomic E-state index is 10.6. The molecule has 1 saturated carbocycles. The Hall–Kier alpha value is -1.06. The number of hydrogen-bond acceptors (Lipinski definition) is 3. The SMILES string of the molecule is CCOC(C1CC1)C(O)c1cc(C)c(OC)cc1C. The minimum atomic E-state index is -0.544. The summed E-state index contributed by atoms with van der Waals surface area (Å²) in [6.45, 7) is 6.64. The Kier molecular flexibility index (Phi) is 4.48. The molecule has 0 radical (unpaired) electrons. The average molecular weight is 264 g/mol. The fourth-order valence-electron chi connectivity index (χ4n) is 2.63. The zero-order chi connectivity index (χ0) is 14.0. The third-order valence-electron chi connectivity index (χ3n) is 3.86. The largest absolute Gasteiger partial charge is 0.496 e. The Bertz CT molecular complexity index is 438. The fraction of sp³-hybridized carbons (Fsp3) is 0.625. The van der Waals surface area contributed by atoms with Gasteiger partial charge < -0.3 is 14.6 Å². The van der Waals surface area contributed by atoms with Crippen LogP contribution in [0.25, 0.3) is 0 Å². The number of benzene rings is 1. The second kappa shape index (κ2) is 5.93. The predicted molar refractivity (Wildman–Crippen MR) is 75.6 cm³/mol. The van der Waals surface area contributed by atoms with Crippen LogP contribution in [0.4, 0.5) is 0 Å². The highest BCUT2D eigenvalue weighted by atomic mass is 16.5. The van der Waals surface area contributed by atoms with Crippen molar-refractivity contribution in [2.24, 2.45) is 5.92 Å². The molecule has 0 aromatic heterocycles. The van der Waals surface area contributed by atoms with Crippen LogP contribution >= 0.6 is 0 Å². The summed E-state index contributed by atoms with van der Waals surface area (Å²) in [5, 5.41) is 10.6. The van der Waals surface area contributed by atoms with E-state index in [1.807, 2.05) is 32.9 Å². The third kappa shape index (κ3) is 3.10. The lowest BCUT2D eigenvalue weighted by atomic mass is 9.95. The summed E-state index contributed by atoms with van der Waals surface area (Å²) in [5.74, 6) is 1.38. The maximum Gasteiger partial charge on any atom is 0.122 e. The van der Waals surface area contributed by atoms with Crippen LogP contribution in [0.2, 0.25) is 0 Å². The van der Waals surface area contributed by atoms with Crippen molar-refractivity contribution in [1.82, 2.24) is 0 Å². The zero-order valence-corrected chi connectivity index (χ0v) is 12.3. The van der Waals surface area contributed by atoms with Crippen molar-refractivity contribution in [2.75, 3.05) is 13.7 Å². The van der Waals surface area contributed by atoms with Gasteiger partial charge in [0.1, 0.15) is 11.9 Å². The fourth-order valence-corrected chi connectivity index (χ4v) is 2.63. The second-order valence-electron chi connectivity index (χ2n) is 5.38. The first kappa shape index (κ1) is 14.4. The van der Waals surface area contributed by atoms with Crippen molar-refractivity contribution in [2.45, 2.75) is 45.8 Å². The van der Waals surface area contributed by atoms with Crippen LogP contribution in [0.1, 0.15) is 42.6 Å². The molecule has 106 valence electrons. The Morgan fingerprint density at radius 1 is 1.26 bits per heavy atom. The molecule has 2 unspecified atom stereocenters. The van der Waals surface area contributed by atoms with Gasteiger partial charge in [0.2, 0.25) is 0 Å². The van der Waals surface area contributed by atoms with Crippen molar-refractivity contribution >= 4 is 0 Å². The van der Waals surface area contributed by atoms with Crippen LogP contribution in [0.3, 0.4) is 0 Å². The second-order valence-corrected chi connectivity index (χ2v) is 5.38. The summed E-state index contributed by atoms with van der Waals surface area (Å²) in [7, 11) is 1.67. The number of aliphatic hydroxyl groups is 1. The van der Waals surface area contributed by atoms with E-state index in [1.165, 1.54) is 0 Å². The van der Waals surface area contributed by atoms with E-state index in [0.717, 1.165) is 35.3 Å². The zero-order valence-electron chi connectivity index (χ0n) is 12.3. The van der Waals surface area contributed by atoms with Crippen LogP contribution in [0.15, 0.2) is 12.1 Å². The van der Waals surface area contributed by atoms with Crippen molar-refractivity contribution in [3.8, 4) is 5.75 Å². The number of methoxy groups -OCH3 is 1. The van der Waals surface area contributed by atoms with Crippen molar-refractivity contribution < 1.29 is 14.6 Å². The van der Waals surface area contributed by atoms with Crippen LogP contribution < -0.4 is 4.74 Å². The third-order valence-corrected chi connectivity index (χ3v) is 3.86. The Morgan fingerprint density at radius 3 is 2.47 bits per heavy atom. The first-order valence-electron chi connectivity index (χ1n) is 7.03. The minimum Gasteiger partial charge on any atom is -0.496 e. The molecule has 1 aromatic carbocycles. The lowest BCUT2D eigenvalue weighted by Gasteiger charge is -2.25. The number of rotatable bonds is 6. The lowest BCUT2D eigenvalue weighted by molar-refractivity contribution is -0.0464. The van der Waals surface area contributed by atoms with Gasteiger partial charge in [0, 0.05) is 6.61 Å². The molecule has 0 saturated heterocycles. The monoisotopic (exact) mass is 264 g/mol. The smallest absolute Gasteiger partial charge is 0.122 e. The molecule has 1 aliphatic carbocycles. The van der Waals surface area contributed by atoms with Gasteiger partial charge in [-0.15, -0.1) is 0 Å². The van der Waals surface area contributed by atoms with Crippen LogP contribution in [-0.2, 0) is 4.74 Å². The molecule has 1 aromatic rings. The molecule has 0 spiro atoms. The molecule has 0 aliphatic heterocycles. The molecule has 3 heteroatoms. The molecule has 1 aliphatic rings. The lowest BCUT2D eigenvalue weighted by Crippen LogP contribution is -2.25. The molecule has 1 fully saturated rings. The van der Waals surface area contributed by atoms with Crippen LogP contribution in [-0.4, -0.2) is 24.9 Å². The summed E-state index contributed by atoms with van der Waals surface area (Å²) >= 11 is 0. The van der Waals surface area contributed by atoms with Crippen molar-refractivity contribution in [1.29, 1.82) is 0 Å². The Labute approximate surface area is 115 Å². The minimum absolute atomic E-state index is 0.0727. The topological polar surface area (TPSA) is 38.7 Å². The molecular weight excluding hydrogens is 240 g/mol. The molecule has 2 atom stereocenters. The van der Waals surface area contributed by atoms with E-state index in [1.54, 1.807) is 7.11 Å². The first-order chi connectivity index (χ1) is 9.08. The number of ether oxygens (including phenoxy) is 2. The molecule has 0 bridgehead atoms. The Morgan fingerprint density at radius 2 is 1.95 bits per heavy atom. The number of aryl methyl sites for hydroxylation is 2. The van der Waals surface area contributed by atoms with E-state index in [-0.39, 0.29) is 6.10 Å². The van der Waals surface area contributed by atoms with Crippen molar-refractivity contribution in [3.63, 3.8) is 0 Å². The van der Waals surface area contributed by atoms with Gasteiger partial charge in [-0.2, -0.15) is 0 Å². The van der Waals surface area contributed by atoms with E-state index in [4.69, 9.17) is 9.47 Å². The van der Waals surface area contributed by atoms with Gasteiger partial charge in [-0.3, -0.25) is 0 Å². The molecule has 0 heterocycles. The summed E-state index contributed by atoms with van der Waals surface area (Å²) in [5.41, 5.74) is 3.07. The highest BCUT2D eigenvalue weighted by molar-refractivity contribution is 5.42. The van der Waals surface area contributed by atoms with Gasteiger partial charge in [-0.25, -0.2) is 0 Å². The maximum atomic E-state index is 10.6. The van der Waals surface area contributed by atoms with Gasteiger partial charge in [0.05, 0.1) is 13.2 Å².